The van der Waals surface area contributed by atoms with Gasteiger partial charge in [-0.05, 0) is 38.6 Å². The van der Waals surface area contributed by atoms with Crippen LogP contribution in [0.1, 0.15) is 20.8 Å². The number of hydrogen-bond donors (Lipinski definition) is 2. The van der Waals surface area contributed by atoms with Crippen LogP contribution < -0.4 is 5.32 Å². The van der Waals surface area contributed by atoms with Gasteiger partial charge in [-0.2, -0.15) is 0 Å². The standard InChI is InChI=1S/C14H20BrFN2O2/c1-4-18(9-14(2,3)20)8-13(19)17-12-6-5-10(15)7-11(12)16/h5-7,20H,4,8-9H2,1-3H3,(H,17,19). The van der Waals surface area contributed by atoms with Crippen molar-refractivity contribution in [2.24, 2.45) is 0 Å². The number of anilines is 1. The molecule has 0 atom stereocenters. The Kier molecular flexibility index (Phi) is 6.10. The van der Waals surface area contributed by atoms with Crippen LogP contribution in [0.15, 0.2) is 22.7 Å². The van der Waals surface area contributed by atoms with Gasteiger partial charge >= 0.3 is 0 Å². The summed E-state index contributed by atoms with van der Waals surface area (Å²) < 4.78 is 14.2. The maximum Gasteiger partial charge on any atom is 0.238 e. The molecule has 4 nitrogen and oxygen atoms in total. The Labute approximate surface area is 127 Å². The van der Waals surface area contributed by atoms with Crippen molar-refractivity contribution in [2.45, 2.75) is 26.4 Å². The first-order valence-electron chi connectivity index (χ1n) is 6.41. The smallest absolute Gasteiger partial charge is 0.238 e. The van der Waals surface area contributed by atoms with Crippen molar-refractivity contribution in [3.05, 3.63) is 28.5 Å². The predicted molar refractivity (Wildman–Crippen MR) is 81.1 cm³/mol. The molecule has 0 aliphatic rings. The van der Waals surface area contributed by atoms with Gasteiger partial charge < -0.3 is 10.4 Å². The third-order valence-corrected chi connectivity index (χ3v) is 3.12. The molecule has 0 unspecified atom stereocenters. The lowest BCUT2D eigenvalue weighted by molar-refractivity contribution is -0.117. The Balaban J connectivity index is 2.62. The van der Waals surface area contributed by atoms with Crippen LogP contribution in [0.3, 0.4) is 0 Å². The normalized spacial score (nSPS) is 11.8. The summed E-state index contributed by atoms with van der Waals surface area (Å²) in [6.45, 7) is 6.37. The molecular formula is C14H20BrFN2O2. The Bertz CT molecular complexity index is 475. The molecule has 0 heterocycles. The van der Waals surface area contributed by atoms with Crippen molar-refractivity contribution in [2.75, 3.05) is 25.0 Å². The first kappa shape index (κ1) is 17.1. The number of nitrogens with zero attached hydrogens (tertiary/aromatic N) is 1. The maximum atomic E-state index is 13.6. The highest BCUT2D eigenvalue weighted by molar-refractivity contribution is 9.10. The van der Waals surface area contributed by atoms with Crippen molar-refractivity contribution in [3.8, 4) is 0 Å². The molecule has 112 valence electrons. The van der Waals surface area contributed by atoms with Crippen molar-refractivity contribution in [1.82, 2.24) is 4.90 Å². The fraction of sp³-hybridized carbons (Fsp3) is 0.500. The number of carbonyl (C=O) groups is 1. The molecule has 1 aromatic rings. The first-order chi connectivity index (χ1) is 9.21. The van der Waals surface area contributed by atoms with Crippen LogP contribution in [0.5, 0.6) is 0 Å². The number of nitrogens with one attached hydrogen (secondary N) is 1. The fourth-order valence-corrected chi connectivity index (χ4v) is 2.14. The van der Waals surface area contributed by atoms with Gasteiger partial charge in [-0.3, -0.25) is 9.69 Å². The first-order valence-corrected chi connectivity index (χ1v) is 7.20. The molecule has 0 aliphatic heterocycles. The molecule has 0 aromatic heterocycles. The molecule has 1 amide bonds. The van der Waals surface area contributed by atoms with Gasteiger partial charge in [0.25, 0.3) is 0 Å². The van der Waals surface area contributed by atoms with Gasteiger partial charge in [-0.1, -0.05) is 22.9 Å². The predicted octanol–water partition coefficient (Wildman–Crippen LogP) is 2.62. The van der Waals surface area contributed by atoms with Gasteiger partial charge in [0.2, 0.25) is 5.91 Å². The summed E-state index contributed by atoms with van der Waals surface area (Å²) in [6.07, 6.45) is 0. The Morgan fingerprint density at radius 2 is 2.15 bits per heavy atom. The average Bonchev–Trinajstić information content (AvgIpc) is 2.30. The van der Waals surface area contributed by atoms with E-state index in [2.05, 4.69) is 21.2 Å². The van der Waals surface area contributed by atoms with E-state index in [0.29, 0.717) is 17.6 Å². The van der Waals surface area contributed by atoms with Gasteiger partial charge in [0.1, 0.15) is 5.82 Å². The number of benzene rings is 1. The van der Waals surface area contributed by atoms with E-state index in [4.69, 9.17) is 0 Å². The van der Waals surface area contributed by atoms with Crippen LogP contribution in [0, 0.1) is 5.82 Å². The number of halogens is 2. The molecule has 1 rings (SSSR count). The summed E-state index contributed by atoms with van der Waals surface area (Å²) in [5, 5.41) is 12.3. The molecule has 0 fully saturated rings. The van der Waals surface area contributed by atoms with E-state index < -0.39 is 11.4 Å². The van der Waals surface area contributed by atoms with Gasteiger partial charge in [-0.25, -0.2) is 4.39 Å². The zero-order chi connectivity index (χ0) is 15.3. The third kappa shape index (κ3) is 5.98. The molecule has 0 saturated carbocycles. The second-order valence-electron chi connectivity index (χ2n) is 5.29. The van der Waals surface area contributed by atoms with Gasteiger partial charge in [0.15, 0.2) is 0 Å². The topological polar surface area (TPSA) is 52.6 Å². The molecule has 0 spiro atoms. The number of likely N-dealkylation sites (N-methyl/N-ethyl adjacent to an activating group) is 1. The van der Waals surface area contributed by atoms with Gasteiger partial charge in [0.05, 0.1) is 17.8 Å². The highest BCUT2D eigenvalue weighted by Gasteiger charge is 2.19. The number of rotatable bonds is 6. The lowest BCUT2D eigenvalue weighted by Crippen LogP contribution is -2.42. The average molecular weight is 347 g/mol. The highest BCUT2D eigenvalue weighted by Crippen LogP contribution is 2.19. The number of aliphatic hydroxyl groups is 1. The second-order valence-corrected chi connectivity index (χ2v) is 6.20. The van der Waals surface area contributed by atoms with E-state index in [-0.39, 0.29) is 18.1 Å². The van der Waals surface area contributed by atoms with E-state index >= 15 is 0 Å². The monoisotopic (exact) mass is 346 g/mol. The second kappa shape index (κ2) is 7.15. The molecule has 2 N–H and O–H groups in total. The highest BCUT2D eigenvalue weighted by atomic mass is 79.9. The van der Waals surface area contributed by atoms with E-state index in [1.807, 2.05) is 6.92 Å². The maximum absolute atomic E-state index is 13.6. The molecule has 6 heteroatoms. The minimum absolute atomic E-state index is 0.107. The van der Waals surface area contributed by atoms with E-state index in [1.165, 1.54) is 12.1 Å². The zero-order valence-electron chi connectivity index (χ0n) is 11.9. The minimum atomic E-state index is -0.876. The zero-order valence-corrected chi connectivity index (χ0v) is 13.5. The fourth-order valence-electron chi connectivity index (χ4n) is 1.81. The van der Waals surface area contributed by atoms with Gasteiger partial charge in [-0.15, -0.1) is 0 Å². The summed E-state index contributed by atoms with van der Waals surface area (Å²) in [6, 6.07) is 4.46. The lowest BCUT2D eigenvalue weighted by atomic mass is 10.1. The van der Waals surface area contributed by atoms with Crippen LogP contribution in [0.4, 0.5) is 10.1 Å². The van der Waals surface area contributed by atoms with Crippen LogP contribution >= 0.6 is 15.9 Å². The molecule has 0 saturated heterocycles. The minimum Gasteiger partial charge on any atom is -0.389 e. The van der Waals surface area contributed by atoms with E-state index in [9.17, 15) is 14.3 Å². The van der Waals surface area contributed by atoms with E-state index in [0.717, 1.165) is 0 Å². The number of hydrogen-bond acceptors (Lipinski definition) is 3. The molecular weight excluding hydrogens is 327 g/mol. The van der Waals surface area contributed by atoms with E-state index in [1.54, 1.807) is 24.8 Å². The van der Waals surface area contributed by atoms with Crippen molar-refractivity contribution in [3.63, 3.8) is 0 Å². The van der Waals surface area contributed by atoms with Crippen LogP contribution in [-0.4, -0.2) is 41.1 Å². The third-order valence-electron chi connectivity index (χ3n) is 2.63. The Morgan fingerprint density at radius 1 is 1.50 bits per heavy atom. The molecule has 1 aromatic carbocycles. The van der Waals surface area contributed by atoms with Crippen molar-refractivity contribution in [1.29, 1.82) is 0 Å². The van der Waals surface area contributed by atoms with Crippen LogP contribution in [-0.2, 0) is 4.79 Å². The quantitative estimate of drug-likeness (QED) is 0.832. The molecule has 20 heavy (non-hydrogen) atoms. The Hall–Kier alpha value is -0.980. The summed E-state index contributed by atoms with van der Waals surface area (Å²) in [7, 11) is 0. The molecule has 0 aliphatic carbocycles. The summed E-state index contributed by atoms with van der Waals surface area (Å²) in [4.78, 5) is 13.7. The van der Waals surface area contributed by atoms with Crippen molar-refractivity contribution < 1.29 is 14.3 Å². The van der Waals surface area contributed by atoms with Crippen LogP contribution in [0.25, 0.3) is 0 Å². The molecule has 0 bridgehead atoms. The summed E-state index contributed by atoms with van der Waals surface area (Å²) >= 11 is 3.16. The summed E-state index contributed by atoms with van der Waals surface area (Å²) in [5.74, 6) is -0.796. The Morgan fingerprint density at radius 3 is 2.65 bits per heavy atom. The van der Waals surface area contributed by atoms with Gasteiger partial charge in [0, 0.05) is 11.0 Å². The molecule has 0 radical (unpaired) electrons. The van der Waals surface area contributed by atoms with Crippen LogP contribution in [0.2, 0.25) is 0 Å². The largest absolute Gasteiger partial charge is 0.389 e. The SMILES string of the molecule is CCN(CC(=O)Nc1ccc(Br)cc1F)CC(C)(C)O. The number of amides is 1. The summed E-state index contributed by atoms with van der Waals surface area (Å²) in [5.41, 5.74) is -0.725. The lowest BCUT2D eigenvalue weighted by Gasteiger charge is -2.27. The number of carbonyl (C=O) groups excluding carboxylic acids is 1. The van der Waals surface area contributed by atoms with Crippen molar-refractivity contribution >= 4 is 27.5 Å².